The van der Waals surface area contributed by atoms with Crippen LogP contribution in [0.1, 0.15) is 32.5 Å². The van der Waals surface area contributed by atoms with Gasteiger partial charge in [-0.25, -0.2) is 14.2 Å². The zero-order valence-corrected chi connectivity index (χ0v) is 22.0. The summed E-state index contributed by atoms with van der Waals surface area (Å²) >= 11 is 2.92. The molecule has 4 aromatic rings. The fourth-order valence-corrected chi connectivity index (χ4v) is 6.49. The molecule has 0 aliphatic carbocycles. The summed E-state index contributed by atoms with van der Waals surface area (Å²) in [6.07, 6.45) is -4.11. The highest BCUT2D eigenvalue weighted by Crippen LogP contribution is 2.44. The fourth-order valence-electron chi connectivity index (χ4n) is 3.89. The third-order valence-electron chi connectivity index (χ3n) is 5.69. The van der Waals surface area contributed by atoms with Crippen LogP contribution >= 0.6 is 23.1 Å². The zero-order valence-electron chi connectivity index (χ0n) is 20.4. The van der Waals surface area contributed by atoms with Gasteiger partial charge in [0.05, 0.1) is 11.3 Å². The van der Waals surface area contributed by atoms with Gasteiger partial charge < -0.3 is 9.84 Å². The summed E-state index contributed by atoms with van der Waals surface area (Å²) in [7, 11) is 0. The highest BCUT2D eigenvalue weighted by atomic mass is 32.2. The molecule has 4 nitrogen and oxygen atoms in total. The van der Waals surface area contributed by atoms with Gasteiger partial charge >= 0.3 is 12.1 Å². The molecular formula is C28H23F4NO3S2. The molecule has 1 aromatic heterocycles. The number of ether oxygens (including phenoxy) is 1. The molecule has 10 heteroatoms. The Morgan fingerprint density at radius 3 is 2.45 bits per heavy atom. The summed E-state index contributed by atoms with van der Waals surface area (Å²) in [6.45, 7) is 3.24. The van der Waals surface area contributed by atoms with E-state index in [2.05, 4.69) is 4.98 Å². The van der Waals surface area contributed by atoms with E-state index in [0.717, 1.165) is 38.7 Å². The van der Waals surface area contributed by atoms with Crippen molar-refractivity contribution in [2.24, 2.45) is 0 Å². The van der Waals surface area contributed by atoms with Crippen LogP contribution in [0.3, 0.4) is 0 Å². The van der Waals surface area contributed by atoms with Crippen molar-refractivity contribution in [3.63, 3.8) is 0 Å². The lowest BCUT2D eigenvalue weighted by Gasteiger charge is -2.17. The number of hydrogen-bond acceptors (Lipinski definition) is 5. The number of hydrogen-bond donors (Lipinski definition) is 1. The molecule has 0 saturated heterocycles. The predicted molar refractivity (Wildman–Crippen MR) is 140 cm³/mol. The molecule has 1 heterocycles. The van der Waals surface area contributed by atoms with Crippen LogP contribution in [0.4, 0.5) is 17.6 Å². The number of rotatable bonds is 9. The van der Waals surface area contributed by atoms with Crippen molar-refractivity contribution in [1.82, 2.24) is 4.98 Å². The molecule has 0 spiro atoms. The summed E-state index contributed by atoms with van der Waals surface area (Å²) in [5, 5.41) is 9.23. The van der Waals surface area contributed by atoms with Gasteiger partial charge in [-0.05, 0) is 61.7 Å². The normalized spacial score (nSPS) is 12.4. The molecule has 0 radical (unpaired) electrons. The molecule has 0 aliphatic heterocycles. The highest BCUT2D eigenvalue weighted by molar-refractivity contribution is 7.99. The van der Waals surface area contributed by atoms with E-state index in [9.17, 15) is 22.4 Å². The zero-order chi connectivity index (χ0) is 27.4. The van der Waals surface area contributed by atoms with E-state index >= 15 is 0 Å². The van der Waals surface area contributed by atoms with E-state index in [4.69, 9.17) is 9.84 Å². The molecule has 0 bridgehead atoms. The van der Waals surface area contributed by atoms with Crippen LogP contribution < -0.4 is 4.74 Å². The first-order valence-corrected chi connectivity index (χ1v) is 13.2. The van der Waals surface area contributed by atoms with Crippen molar-refractivity contribution < 1.29 is 32.2 Å². The van der Waals surface area contributed by atoms with Crippen LogP contribution in [-0.2, 0) is 17.4 Å². The highest BCUT2D eigenvalue weighted by Gasteiger charge is 2.34. The number of halogens is 4. The number of carboxylic acids is 1. The Morgan fingerprint density at radius 1 is 1.08 bits per heavy atom. The second-order valence-electron chi connectivity index (χ2n) is 8.57. The molecule has 4 rings (SSSR count). The van der Waals surface area contributed by atoms with E-state index in [1.54, 1.807) is 17.8 Å². The molecule has 1 unspecified atom stereocenters. The van der Waals surface area contributed by atoms with Crippen LogP contribution in [0.5, 0.6) is 5.75 Å². The second kappa shape index (κ2) is 11.6. The maximum absolute atomic E-state index is 14.3. The summed E-state index contributed by atoms with van der Waals surface area (Å²) in [4.78, 5) is 17.3. The van der Waals surface area contributed by atoms with Gasteiger partial charge in [-0.2, -0.15) is 13.2 Å². The van der Waals surface area contributed by atoms with Gasteiger partial charge in [0.15, 0.2) is 6.61 Å². The maximum atomic E-state index is 14.3. The van der Waals surface area contributed by atoms with Crippen molar-refractivity contribution in [2.45, 2.75) is 36.6 Å². The van der Waals surface area contributed by atoms with Gasteiger partial charge in [0.2, 0.25) is 0 Å². The first-order chi connectivity index (χ1) is 18.0. The maximum Gasteiger partial charge on any atom is 0.419 e. The number of thiazole rings is 1. The van der Waals surface area contributed by atoms with E-state index < -0.39 is 30.1 Å². The van der Waals surface area contributed by atoms with Crippen molar-refractivity contribution >= 4 is 29.1 Å². The van der Waals surface area contributed by atoms with Gasteiger partial charge in [-0.1, -0.05) is 36.4 Å². The van der Waals surface area contributed by atoms with Crippen LogP contribution in [-0.4, -0.2) is 22.7 Å². The molecule has 1 atom stereocenters. The monoisotopic (exact) mass is 561 g/mol. The number of aryl methyl sites for hydroxylation is 2. The molecule has 1 N–H and O–H groups in total. The lowest BCUT2D eigenvalue weighted by molar-refractivity contribution is -0.140. The fraction of sp³-hybridized carbons (Fsp3) is 0.214. The molecule has 0 fully saturated rings. The Labute approximate surface area is 225 Å². The number of carbonyl (C=O) groups is 1. The molecule has 38 heavy (non-hydrogen) atoms. The first kappa shape index (κ1) is 27.7. The Hall–Kier alpha value is -3.37. The Balaban J connectivity index is 1.66. The smallest absolute Gasteiger partial charge is 0.419 e. The largest absolute Gasteiger partial charge is 0.482 e. The summed E-state index contributed by atoms with van der Waals surface area (Å²) in [5.74, 6) is -1.91. The Bertz CT molecular complexity index is 1440. The number of nitrogens with zero attached hydrogens (tertiary/aromatic N) is 1. The molecule has 0 saturated carbocycles. The number of aromatic nitrogens is 1. The lowest BCUT2D eigenvalue weighted by atomic mass is 10.1. The SMILES string of the molecule is Cc1cc(SC(Cc2ccccc2)c2sc(-c3ccc(C(F)(F)F)c(F)c3)nc2C)ccc1OCC(=O)O. The quantitative estimate of drug-likeness (QED) is 0.165. The van der Waals surface area contributed by atoms with Crippen LogP contribution in [0.25, 0.3) is 10.6 Å². The van der Waals surface area contributed by atoms with Crippen LogP contribution in [0.15, 0.2) is 71.6 Å². The minimum absolute atomic E-state index is 0.0897. The Morgan fingerprint density at radius 2 is 1.82 bits per heavy atom. The average Bonchev–Trinajstić information content (AvgIpc) is 3.24. The average molecular weight is 562 g/mol. The van der Waals surface area contributed by atoms with Gasteiger partial charge in [0.1, 0.15) is 16.6 Å². The summed E-state index contributed by atoms with van der Waals surface area (Å²) in [6, 6.07) is 18.2. The topological polar surface area (TPSA) is 59.4 Å². The number of aliphatic carboxylic acids is 1. The van der Waals surface area contributed by atoms with E-state index in [1.165, 1.54) is 17.4 Å². The van der Waals surface area contributed by atoms with Crippen molar-refractivity contribution in [2.75, 3.05) is 6.61 Å². The lowest BCUT2D eigenvalue weighted by Crippen LogP contribution is -2.10. The van der Waals surface area contributed by atoms with Gasteiger partial charge in [-0.3, -0.25) is 0 Å². The second-order valence-corrected chi connectivity index (χ2v) is 10.9. The molecular weight excluding hydrogens is 538 g/mol. The molecule has 0 amide bonds. The van der Waals surface area contributed by atoms with Crippen LogP contribution in [0, 0.1) is 19.7 Å². The molecule has 198 valence electrons. The van der Waals surface area contributed by atoms with Gasteiger partial charge in [0, 0.05) is 20.6 Å². The van der Waals surface area contributed by atoms with E-state index in [1.807, 2.05) is 56.3 Å². The molecule has 3 aromatic carbocycles. The Kier molecular flexibility index (Phi) is 8.42. The third kappa shape index (κ3) is 6.73. The standard InChI is InChI=1S/C28H23F4NO3S2/c1-16-12-20(9-11-23(16)36-15-25(34)35)37-24(13-18-6-4-3-5-7-18)26-17(2)33-27(38-26)19-8-10-21(22(29)14-19)28(30,31)32/h3-12,14,24H,13,15H2,1-2H3,(H,34,35). The number of benzene rings is 3. The minimum atomic E-state index is -4.77. The van der Waals surface area contributed by atoms with Crippen molar-refractivity contribution in [1.29, 1.82) is 0 Å². The summed E-state index contributed by atoms with van der Waals surface area (Å²) in [5.41, 5.74) is 1.58. The van der Waals surface area contributed by atoms with Gasteiger partial charge in [0.25, 0.3) is 0 Å². The van der Waals surface area contributed by atoms with Crippen molar-refractivity contribution in [3.05, 3.63) is 99.8 Å². The predicted octanol–water partition coefficient (Wildman–Crippen LogP) is 8.12. The van der Waals surface area contributed by atoms with Crippen LogP contribution in [0.2, 0.25) is 0 Å². The van der Waals surface area contributed by atoms with E-state index in [0.29, 0.717) is 17.2 Å². The number of thioether (sulfide) groups is 1. The third-order valence-corrected chi connectivity index (χ3v) is 8.37. The van der Waals surface area contributed by atoms with E-state index in [-0.39, 0.29) is 10.8 Å². The van der Waals surface area contributed by atoms with Crippen molar-refractivity contribution in [3.8, 4) is 16.3 Å². The summed E-state index contributed by atoms with van der Waals surface area (Å²) < 4.78 is 58.6. The molecule has 0 aliphatic rings. The number of alkyl halides is 3. The van der Waals surface area contributed by atoms with Gasteiger partial charge in [-0.15, -0.1) is 23.1 Å². The first-order valence-electron chi connectivity index (χ1n) is 11.5. The number of carboxylic acid groups (broad SMARTS) is 1. The minimum Gasteiger partial charge on any atom is -0.482 e.